The fourth-order valence-corrected chi connectivity index (χ4v) is 12.5. The first-order valence-electron chi connectivity index (χ1n) is 17.8. The SMILES string of the molecule is CCN1CC2(COC(=O)c3ccccc3NC(=O)C(C)CC(=O)OC)CCC(OC)C34C5CC6CCC(O)(C5C6OC)C(O)(C(OC)C23)C14. The van der Waals surface area contributed by atoms with Crippen molar-refractivity contribution in [3.8, 4) is 0 Å². The Balaban J connectivity index is 1.25. The molecule has 5 saturated carbocycles. The van der Waals surface area contributed by atoms with Gasteiger partial charge in [-0.1, -0.05) is 26.0 Å². The van der Waals surface area contributed by atoms with Gasteiger partial charge in [-0.15, -0.1) is 0 Å². The Labute approximate surface area is 288 Å². The van der Waals surface area contributed by atoms with E-state index in [-0.39, 0.29) is 54.5 Å². The number of carbonyl (C=O) groups is 3. The first-order chi connectivity index (χ1) is 23.4. The standard InChI is InChI=1S/C37H52N2O10/c1-7-39-18-34(19-49-32(42)22-10-8-9-11-24(22)38-31(41)20(2)16-26(40)46-4)14-13-25(45-3)36-23-17-21-12-15-35(43,27(23)28(21)47-5)37(44,33(36)39)30(48-6)29(34)36/h8-11,20-21,23,25,27-30,33,43-44H,7,12-19H2,1-6H3,(H,38,41). The molecule has 12 nitrogen and oxygen atoms in total. The summed E-state index contributed by atoms with van der Waals surface area (Å²) in [5.41, 5.74) is -3.69. The number of hydrogen-bond acceptors (Lipinski definition) is 11. The molecule has 0 aromatic heterocycles. The van der Waals surface area contributed by atoms with Crippen molar-refractivity contribution in [2.24, 2.45) is 40.4 Å². The zero-order valence-corrected chi connectivity index (χ0v) is 29.5. The predicted octanol–water partition coefficient (Wildman–Crippen LogP) is 2.65. The summed E-state index contributed by atoms with van der Waals surface area (Å²) < 4.78 is 29.9. The van der Waals surface area contributed by atoms with Crippen molar-refractivity contribution in [2.75, 3.05) is 53.5 Å². The molecule has 1 amide bonds. The van der Waals surface area contributed by atoms with Crippen LogP contribution in [0.25, 0.3) is 0 Å². The number of rotatable bonds is 11. The van der Waals surface area contributed by atoms with Crippen molar-refractivity contribution in [1.29, 1.82) is 0 Å². The number of amides is 1. The molecule has 6 fully saturated rings. The van der Waals surface area contributed by atoms with Crippen molar-refractivity contribution in [2.45, 2.75) is 87.9 Å². The predicted molar refractivity (Wildman–Crippen MR) is 176 cm³/mol. The van der Waals surface area contributed by atoms with Crippen molar-refractivity contribution in [3.05, 3.63) is 29.8 Å². The van der Waals surface area contributed by atoms with E-state index in [1.54, 1.807) is 52.5 Å². The zero-order chi connectivity index (χ0) is 35.1. The smallest absolute Gasteiger partial charge is 0.340 e. The van der Waals surface area contributed by atoms with Crippen LogP contribution in [0.4, 0.5) is 5.69 Å². The number of para-hydroxylation sites is 1. The summed E-state index contributed by atoms with van der Waals surface area (Å²) in [6, 6.07) is 6.28. The Bertz CT molecular complexity index is 1490. The summed E-state index contributed by atoms with van der Waals surface area (Å²) in [5, 5.41) is 29.0. The van der Waals surface area contributed by atoms with E-state index in [0.717, 1.165) is 19.3 Å². The summed E-state index contributed by atoms with van der Waals surface area (Å²) >= 11 is 0. The normalized spacial score (nSPS) is 43.5. The molecule has 7 bridgehead atoms. The Kier molecular flexibility index (Phi) is 8.72. The number of esters is 2. The van der Waals surface area contributed by atoms with Crippen LogP contribution in [0, 0.1) is 40.4 Å². The topological polar surface area (TPSA) is 153 Å². The second-order valence-corrected chi connectivity index (χ2v) is 15.6. The van der Waals surface area contributed by atoms with Gasteiger partial charge in [-0.25, -0.2) is 4.79 Å². The third-order valence-corrected chi connectivity index (χ3v) is 14.0. The van der Waals surface area contributed by atoms with E-state index in [1.165, 1.54) is 7.11 Å². The van der Waals surface area contributed by atoms with Crippen molar-refractivity contribution >= 4 is 23.5 Å². The number of nitrogens with zero attached hydrogens (tertiary/aromatic N) is 1. The third kappa shape index (κ3) is 4.46. The highest BCUT2D eigenvalue weighted by atomic mass is 16.5. The fourth-order valence-electron chi connectivity index (χ4n) is 12.5. The molecule has 1 saturated heterocycles. The lowest BCUT2D eigenvalue weighted by Gasteiger charge is -2.70. The van der Waals surface area contributed by atoms with Gasteiger partial charge in [0.15, 0.2) is 0 Å². The minimum absolute atomic E-state index is 0.0166. The average Bonchev–Trinajstić information content (AvgIpc) is 3.50. The highest BCUT2D eigenvalue weighted by Gasteiger charge is 2.91. The molecule has 1 aromatic carbocycles. The summed E-state index contributed by atoms with van der Waals surface area (Å²) in [6.07, 6.45) is 2.35. The van der Waals surface area contributed by atoms with Gasteiger partial charge in [0, 0.05) is 56.5 Å². The molecule has 5 aliphatic carbocycles. The lowest BCUT2D eigenvalue weighted by molar-refractivity contribution is -0.313. The highest BCUT2D eigenvalue weighted by molar-refractivity contribution is 6.02. The van der Waals surface area contributed by atoms with E-state index in [9.17, 15) is 24.6 Å². The van der Waals surface area contributed by atoms with Gasteiger partial charge in [0.2, 0.25) is 5.91 Å². The monoisotopic (exact) mass is 684 g/mol. The van der Waals surface area contributed by atoms with Gasteiger partial charge >= 0.3 is 11.9 Å². The molecule has 0 radical (unpaired) electrons. The number of carbonyl (C=O) groups excluding carboxylic acids is 3. The summed E-state index contributed by atoms with van der Waals surface area (Å²) in [6.45, 7) is 4.98. The van der Waals surface area contributed by atoms with Crippen LogP contribution in [0.1, 0.15) is 62.7 Å². The molecule has 13 unspecified atom stereocenters. The van der Waals surface area contributed by atoms with Crippen molar-refractivity contribution in [1.82, 2.24) is 4.90 Å². The highest BCUT2D eigenvalue weighted by Crippen LogP contribution is 2.80. The van der Waals surface area contributed by atoms with Crippen LogP contribution >= 0.6 is 0 Å². The minimum atomic E-state index is -1.60. The Morgan fingerprint density at radius 3 is 2.47 bits per heavy atom. The quantitative estimate of drug-likeness (QED) is 0.295. The fraction of sp³-hybridized carbons (Fsp3) is 0.757. The number of fused-ring (bicyclic) bond motifs is 2. The number of ether oxygens (including phenoxy) is 5. The van der Waals surface area contributed by atoms with E-state index >= 15 is 0 Å². The maximum atomic E-state index is 14.0. The first-order valence-corrected chi connectivity index (χ1v) is 17.8. The number of piperidine rings is 1. The molecular formula is C37H52N2O10. The van der Waals surface area contributed by atoms with Gasteiger partial charge in [-0.2, -0.15) is 0 Å². The van der Waals surface area contributed by atoms with Crippen LogP contribution < -0.4 is 5.32 Å². The van der Waals surface area contributed by atoms with Gasteiger partial charge in [0.05, 0.1) is 55.7 Å². The van der Waals surface area contributed by atoms with Crippen LogP contribution in [0.3, 0.4) is 0 Å². The maximum absolute atomic E-state index is 14.0. The van der Waals surface area contributed by atoms with E-state index in [0.29, 0.717) is 31.6 Å². The second-order valence-electron chi connectivity index (χ2n) is 15.6. The molecule has 3 N–H and O–H groups in total. The van der Waals surface area contributed by atoms with Crippen LogP contribution in [0.15, 0.2) is 24.3 Å². The minimum Gasteiger partial charge on any atom is -0.469 e. The molecule has 7 rings (SSSR count). The van der Waals surface area contributed by atoms with Gasteiger partial charge in [-0.3, -0.25) is 14.5 Å². The maximum Gasteiger partial charge on any atom is 0.340 e. The van der Waals surface area contributed by atoms with Gasteiger partial charge in [0.25, 0.3) is 0 Å². The number of aliphatic hydroxyl groups is 2. The number of likely N-dealkylation sites (N-methyl/N-ethyl adjacent to an activating group) is 1. The van der Waals surface area contributed by atoms with Crippen LogP contribution in [0.2, 0.25) is 0 Å². The molecule has 6 aliphatic rings. The number of nitrogens with one attached hydrogen (secondary N) is 1. The van der Waals surface area contributed by atoms with Gasteiger partial charge in [0.1, 0.15) is 11.2 Å². The van der Waals surface area contributed by atoms with Crippen LogP contribution in [-0.2, 0) is 33.3 Å². The van der Waals surface area contributed by atoms with E-state index in [2.05, 4.69) is 17.1 Å². The number of hydrogen-bond donors (Lipinski definition) is 3. The molecule has 13 atom stereocenters. The molecule has 12 heteroatoms. The van der Waals surface area contributed by atoms with E-state index < -0.39 is 57.9 Å². The number of benzene rings is 1. The first kappa shape index (κ1) is 34.8. The second kappa shape index (κ2) is 12.3. The molecular weight excluding hydrogens is 632 g/mol. The summed E-state index contributed by atoms with van der Waals surface area (Å²) in [4.78, 5) is 41.0. The van der Waals surface area contributed by atoms with Crippen molar-refractivity contribution in [3.63, 3.8) is 0 Å². The Hall–Kier alpha value is -2.61. The molecule has 270 valence electrons. The number of likely N-dealkylation sites (tertiary alicyclic amines) is 1. The number of methoxy groups -OCH3 is 4. The lowest BCUT2D eigenvalue weighted by Crippen LogP contribution is -2.81. The third-order valence-electron chi connectivity index (χ3n) is 14.0. The van der Waals surface area contributed by atoms with Crippen LogP contribution in [0.5, 0.6) is 0 Å². The lowest BCUT2D eigenvalue weighted by atomic mass is 9.42. The Morgan fingerprint density at radius 1 is 1.04 bits per heavy atom. The van der Waals surface area contributed by atoms with Crippen molar-refractivity contribution < 1.29 is 48.3 Å². The molecule has 1 aromatic rings. The molecule has 1 spiro atoms. The summed E-state index contributed by atoms with van der Waals surface area (Å²) in [5.74, 6) is -2.40. The number of anilines is 1. The van der Waals surface area contributed by atoms with E-state index in [1.807, 2.05) is 0 Å². The molecule has 49 heavy (non-hydrogen) atoms. The molecule has 1 heterocycles. The largest absolute Gasteiger partial charge is 0.469 e. The van der Waals surface area contributed by atoms with E-state index in [4.69, 9.17) is 23.7 Å². The Morgan fingerprint density at radius 2 is 1.80 bits per heavy atom. The summed E-state index contributed by atoms with van der Waals surface area (Å²) in [7, 11) is 6.37. The zero-order valence-electron chi connectivity index (χ0n) is 29.5. The van der Waals surface area contributed by atoms with Gasteiger partial charge < -0.3 is 39.2 Å². The average molecular weight is 685 g/mol. The van der Waals surface area contributed by atoms with Crippen LogP contribution in [-0.4, -0.2) is 117 Å². The van der Waals surface area contributed by atoms with Gasteiger partial charge in [-0.05, 0) is 62.6 Å². The molecule has 1 aliphatic heterocycles.